The molecule has 1 unspecified atom stereocenters. The number of nitrogens with one attached hydrogen (secondary N) is 9. The van der Waals surface area contributed by atoms with Crippen LogP contribution in [0.1, 0.15) is 81.6 Å². The second kappa shape index (κ2) is 27.8. The SMILES string of the molecule is C=CCl.CC(=O)Cn1ncc2c(=O)[nH]c(NC(=O)C(C)C)nc21.CC(C)C(=O)Nc1nc2[nH]ncc2c(=O)[nH]1.CCCC(CC(C)=O)C(=O)Cn1ncc2c(=O)[nH]c(NC(=O)C(C)C)nc21.Nc1nc2[nH]ncc2c(=O)[nH]1. The number of hydrogen-bond acceptors (Lipinski definition) is 19. The number of halogens is 1. The molecule has 3 amide bonds. The highest BCUT2D eigenvalue weighted by atomic mass is 35.5. The zero-order valence-electron chi connectivity index (χ0n) is 43.4. The highest BCUT2D eigenvalue weighted by molar-refractivity contribution is 6.25. The Labute approximate surface area is 440 Å². The lowest BCUT2D eigenvalue weighted by Gasteiger charge is -2.13. The predicted molar refractivity (Wildman–Crippen MR) is 286 cm³/mol. The van der Waals surface area contributed by atoms with Crippen molar-refractivity contribution < 1.29 is 28.8 Å². The number of H-pyrrole nitrogens is 6. The van der Waals surface area contributed by atoms with E-state index in [1.165, 1.54) is 53.5 Å². The first kappa shape index (κ1) is 60.2. The molecule has 0 fully saturated rings. The molecule has 1 atom stereocenters. The molecular weight excluding hydrogens is 1030 g/mol. The molecule has 77 heavy (non-hydrogen) atoms. The van der Waals surface area contributed by atoms with Crippen LogP contribution in [-0.2, 0) is 41.9 Å². The molecule has 0 aromatic carbocycles. The maximum absolute atomic E-state index is 12.6. The normalized spacial score (nSPS) is 11.1. The number of amides is 3. The van der Waals surface area contributed by atoms with Gasteiger partial charge in [0, 0.05) is 30.1 Å². The number of Topliss-reactive ketones (excluding diaryl/α,β-unsaturated/α-hetero) is 3. The van der Waals surface area contributed by atoms with Crippen LogP contribution in [0.4, 0.5) is 23.8 Å². The van der Waals surface area contributed by atoms with Crippen LogP contribution >= 0.6 is 11.6 Å². The van der Waals surface area contributed by atoms with Crippen molar-refractivity contribution in [2.24, 2.45) is 23.7 Å². The summed E-state index contributed by atoms with van der Waals surface area (Å²) in [5.74, 6) is -1.84. The molecule has 0 aliphatic rings. The molecule has 410 valence electrons. The molecule has 11 N–H and O–H groups in total. The third-order valence-electron chi connectivity index (χ3n) is 10.3. The van der Waals surface area contributed by atoms with Crippen LogP contribution in [0.2, 0.25) is 0 Å². The predicted octanol–water partition coefficient (Wildman–Crippen LogP) is 2.82. The smallest absolute Gasteiger partial charge is 0.263 e. The average molecular weight is 1090 g/mol. The van der Waals surface area contributed by atoms with Crippen molar-refractivity contribution in [2.45, 2.75) is 94.7 Å². The Bertz CT molecular complexity index is 3650. The van der Waals surface area contributed by atoms with Gasteiger partial charge in [0.15, 0.2) is 34.2 Å². The van der Waals surface area contributed by atoms with E-state index < -0.39 is 11.1 Å². The van der Waals surface area contributed by atoms with Crippen molar-refractivity contribution in [1.29, 1.82) is 0 Å². The minimum atomic E-state index is -0.452. The molecule has 0 radical (unpaired) electrons. The summed E-state index contributed by atoms with van der Waals surface area (Å²) in [5.41, 5.74) is 6.25. The van der Waals surface area contributed by atoms with Crippen molar-refractivity contribution in [3.8, 4) is 0 Å². The van der Waals surface area contributed by atoms with Crippen LogP contribution in [0.5, 0.6) is 0 Å². The molecular formula is C46H59ClN20O10. The Balaban J connectivity index is 0.000000227. The van der Waals surface area contributed by atoms with Gasteiger partial charge in [-0.3, -0.25) is 89.2 Å². The second-order valence-corrected chi connectivity index (χ2v) is 18.0. The summed E-state index contributed by atoms with van der Waals surface area (Å²) in [6.45, 7) is 18.3. The first-order chi connectivity index (χ1) is 36.4. The van der Waals surface area contributed by atoms with Crippen molar-refractivity contribution in [1.82, 2.24) is 79.8 Å². The molecule has 0 aliphatic heterocycles. The highest BCUT2D eigenvalue weighted by Gasteiger charge is 2.22. The fourth-order valence-electron chi connectivity index (χ4n) is 6.39. The number of anilines is 4. The van der Waals surface area contributed by atoms with Gasteiger partial charge in [0.05, 0.1) is 24.8 Å². The first-order valence-electron chi connectivity index (χ1n) is 23.6. The molecule has 0 spiro atoms. The Kier molecular flexibility index (Phi) is 21.7. The van der Waals surface area contributed by atoms with Crippen molar-refractivity contribution in [3.05, 3.63) is 78.3 Å². The number of rotatable bonds is 15. The van der Waals surface area contributed by atoms with Crippen LogP contribution in [-0.4, -0.2) is 115 Å². The summed E-state index contributed by atoms with van der Waals surface area (Å²) in [7, 11) is 0. The van der Waals surface area contributed by atoms with Gasteiger partial charge in [-0.25, -0.2) is 9.36 Å². The van der Waals surface area contributed by atoms with E-state index in [1.807, 2.05) is 6.92 Å². The average Bonchev–Trinajstić information content (AvgIpc) is 4.18. The van der Waals surface area contributed by atoms with Crippen LogP contribution in [0, 0.1) is 23.7 Å². The molecule has 8 aromatic heterocycles. The van der Waals surface area contributed by atoms with E-state index in [1.54, 1.807) is 41.5 Å². The molecule has 0 saturated carbocycles. The molecule has 30 nitrogen and oxygen atoms in total. The van der Waals surface area contributed by atoms with E-state index in [9.17, 15) is 47.9 Å². The molecule has 0 bridgehead atoms. The van der Waals surface area contributed by atoms with Gasteiger partial charge in [-0.2, -0.15) is 40.3 Å². The standard InChI is InChI=1S/C18H25N5O4.C12H15N5O3.C9H11N5O2.C5H5N5O.C2H3Cl/c1-5-6-12(7-11(4)24)14(25)9-23-15-13(8-19-23)17(27)22-18(20-15)21-16(26)10(2)3;1-6(2)10(19)15-12-14-9-8(11(20)16-12)4-13-17(9)5-7(3)18;1-4(2)7(15)12-9-11-6-5(3-10-14-6)8(16)13-9;6-5-8-3-2(1-7-10-3)4(11)9-5;1-2-3/h8,10,12H,5-7,9H2,1-4H3,(H2,20,21,22,26,27);4,6H,5H2,1-3H3,(H2,14,15,16,19,20);3-4H,1-2H3,(H3,10,11,12,13,14,15,16);1H,(H4,6,7,8,9,10,11);2H,1H2. The summed E-state index contributed by atoms with van der Waals surface area (Å²) in [6.07, 6.45) is 7.06. The minimum Gasteiger partial charge on any atom is -0.369 e. The van der Waals surface area contributed by atoms with E-state index in [-0.39, 0.29) is 135 Å². The van der Waals surface area contributed by atoms with Gasteiger partial charge in [0.1, 0.15) is 40.4 Å². The Morgan fingerprint density at radius 1 is 0.610 bits per heavy atom. The van der Waals surface area contributed by atoms with Gasteiger partial charge >= 0.3 is 0 Å². The molecule has 0 aliphatic carbocycles. The number of nitrogens with zero attached hydrogens (tertiary/aromatic N) is 10. The largest absolute Gasteiger partial charge is 0.369 e. The summed E-state index contributed by atoms with van der Waals surface area (Å²) in [5, 5.41) is 29.3. The molecule has 0 saturated heterocycles. The minimum absolute atomic E-state index is 0.00856. The van der Waals surface area contributed by atoms with Crippen LogP contribution in [0.3, 0.4) is 0 Å². The summed E-state index contributed by atoms with van der Waals surface area (Å²) < 4.78 is 2.67. The third-order valence-corrected chi connectivity index (χ3v) is 10.3. The van der Waals surface area contributed by atoms with Gasteiger partial charge in [-0.05, 0) is 25.8 Å². The van der Waals surface area contributed by atoms with Crippen LogP contribution in [0.15, 0.2) is 56.1 Å². The van der Waals surface area contributed by atoms with Gasteiger partial charge in [-0.1, -0.05) is 73.1 Å². The summed E-state index contributed by atoms with van der Waals surface area (Å²) >= 11 is 4.76. The number of nitrogens with two attached hydrogens (primary N) is 1. The quantitative estimate of drug-likeness (QED) is 0.0705. The lowest BCUT2D eigenvalue weighted by atomic mass is 9.93. The van der Waals surface area contributed by atoms with E-state index in [0.29, 0.717) is 28.5 Å². The first-order valence-corrected chi connectivity index (χ1v) is 24.0. The fourth-order valence-corrected chi connectivity index (χ4v) is 6.39. The highest BCUT2D eigenvalue weighted by Crippen LogP contribution is 2.17. The number of hydrogen-bond donors (Lipinski definition) is 10. The topological polar surface area (TPSA) is 441 Å². The summed E-state index contributed by atoms with van der Waals surface area (Å²) in [6, 6.07) is 0. The monoisotopic (exact) mass is 1090 g/mol. The molecule has 8 heterocycles. The second-order valence-electron chi connectivity index (χ2n) is 17.7. The van der Waals surface area contributed by atoms with Gasteiger partial charge in [-0.15, -0.1) is 0 Å². The Morgan fingerprint density at radius 3 is 1.40 bits per heavy atom. The maximum atomic E-state index is 12.6. The van der Waals surface area contributed by atoms with Gasteiger partial charge < -0.3 is 10.5 Å². The number of nitrogen functional groups attached to an aromatic ring is 1. The summed E-state index contributed by atoms with van der Waals surface area (Å²) in [4.78, 5) is 143. The maximum Gasteiger partial charge on any atom is 0.263 e. The molecule has 8 rings (SSSR count). The lowest BCUT2D eigenvalue weighted by molar-refractivity contribution is -0.128. The number of fused-ring (bicyclic) bond motifs is 4. The zero-order valence-corrected chi connectivity index (χ0v) is 44.2. The zero-order chi connectivity index (χ0) is 57.3. The van der Waals surface area contributed by atoms with E-state index >= 15 is 0 Å². The van der Waals surface area contributed by atoms with E-state index in [0.717, 1.165) is 6.42 Å². The third kappa shape index (κ3) is 17.1. The van der Waals surface area contributed by atoms with E-state index in [4.69, 9.17) is 17.3 Å². The number of aromatic nitrogens is 16. The van der Waals surface area contributed by atoms with Gasteiger partial charge in [0.2, 0.25) is 41.5 Å². The number of aromatic amines is 6. The molecule has 31 heteroatoms. The van der Waals surface area contributed by atoms with Crippen LogP contribution < -0.4 is 43.9 Å². The number of carbonyl (C=O) groups excluding carboxylic acids is 6. The molecule has 8 aromatic rings. The van der Waals surface area contributed by atoms with Crippen LogP contribution in [0.25, 0.3) is 44.1 Å². The van der Waals surface area contributed by atoms with Crippen molar-refractivity contribution in [2.75, 3.05) is 21.7 Å². The number of ketones is 3. The Hall–Kier alpha value is -9.35. The number of carbonyl (C=O) groups is 6. The van der Waals surface area contributed by atoms with E-state index in [2.05, 4.69) is 93.0 Å². The lowest BCUT2D eigenvalue weighted by Crippen LogP contribution is -2.24. The Morgan fingerprint density at radius 2 is 1.00 bits per heavy atom. The fraction of sp³-hybridized carbons (Fsp3) is 0.391. The van der Waals surface area contributed by atoms with Crippen molar-refractivity contribution in [3.63, 3.8) is 0 Å². The van der Waals surface area contributed by atoms with Gasteiger partial charge in [0.25, 0.3) is 22.2 Å². The van der Waals surface area contributed by atoms with Crippen molar-refractivity contribution >= 4 is 115 Å².